The standard InChI is InChI=1S/C34H43N3O11/c1-4-23-20-6-8-35-22(20)14-37(23)29-32-19(11-21-24(39)9-17(2)46-33(21)29)12-27(34(3,47-32)7-5-18-10-28(42)36-13-18)48-45-16-26(41)31(44)30(43)25(40)15-38/h6,8-9,11,18,25-27,30-31,38,40-41,43-44H,4-5,7,10,12-16H2,1-3H3,(H,36,42). The Bertz CT molecular complexity index is 1720. The molecule has 0 bridgehead atoms. The molecule has 0 aliphatic carbocycles. The van der Waals surface area contributed by atoms with E-state index in [0.717, 1.165) is 17.0 Å². The second-order valence-corrected chi connectivity index (χ2v) is 13.2. The average molecular weight is 670 g/mol. The van der Waals surface area contributed by atoms with Crippen molar-refractivity contribution in [1.82, 2.24) is 5.32 Å². The molecule has 1 aromatic carbocycles. The van der Waals surface area contributed by atoms with E-state index < -0.39 is 49.3 Å². The molecular formula is C34H43N3O11. The van der Waals surface area contributed by atoms with Crippen LogP contribution in [0.3, 0.4) is 0 Å². The van der Waals surface area contributed by atoms with E-state index in [1.54, 1.807) is 19.2 Å². The molecule has 7 atom stereocenters. The lowest BCUT2D eigenvalue weighted by molar-refractivity contribution is -0.360. The lowest BCUT2D eigenvalue weighted by atomic mass is 9.83. The summed E-state index contributed by atoms with van der Waals surface area (Å²) in [6, 6.07) is 3.19. The predicted octanol–water partition coefficient (Wildman–Crippen LogP) is 0.916. The predicted molar refractivity (Wildman–Crippen MR) is 173 cm³/mol. The summed E-state index contributed by atoms with van der Waals surface area (Å²) in [7, 11) is 0. The van der Waals surface area contributed by atoms with Crippen molar-refractivity contribution in [1.29, 1.82) is 0 Å². The molecular weight excluding hydrogens is 626 g/mol. The van der Waals surface area contributed by atoms with Gasteiger partial charge in [0.1, 0.15) is 54.2 Å². The van der Waals surface area contributed by atoms with Crippen LogP contribution in [0.2, 0.25) is 0 Å². The van der Waals surface area contributed by atoms with E-state index >= 15 is 0 Å². The molecule has 1 amide bonds. The molecule has 2 aromatic rings. The number of nitrogens with one attached hydrogen (secondary N) is 1. The Hall–Kier alpha value is -3.63. The molecule has 5 heterocycles. The van der Waals surface area contributed by atoms with Gasteiger partial charge in [0.25, 0.3) is 0 Å². The summed E-state index contributed by atoms with van der Waals surface area (Å²) in [5.41, 5.74) is 3.42. The van der Waals surface area contributed by atoms with Crippen molar-refractivity contribution in [3.05, 3.63) is 57.2 Å². The topological polar surface area (TPSA) is 204 Å². The van der Waals surface area contributed by atoms with Crippen molar-refractivity contribution < 1.29 is 49.3 Å². The monoisotopic (exact) mass is 669 g/mol. The Morgan fingerprint density at radius 2 is 1.92 bits per heavy atom. The number of amides is 1. The third-order valence-electron chi connectivity index (χ3n) is 9.76. The fraction of sp³-hybridized carbons (Fsp3) is 0.559. The highest BCUT2D eigenvalue weighted by atomic mass is 17.2. The van der Waals surface area contributed by atoms with Crippen molar-refractivity contribution in [3.8, 4) is 5.75 Å². The molecule has 4 aliphatic rings. The van der Waals surface area contributed by atoms with Crippen LogP contribution in [-0.2, 0) is 21.0 Å². The number of hydrogen-bond acceptors (Lipinski definition) is 13. The lowest BCUT2D eigenvalue weighted by Crippen LogP contribution is -2.52. The van der Waals surface area contributed by atoms with Gasteiger partial charge in [-0.15, -0.1) is 0 Å². The quantitative estimate of drug-likeness (QED) is 0.130. The first-order chi connectivity index (χ1) is 22.9. The molecule has 0 spiro atoms. The third kappa shape index (κ3) is 6.41. The minimum atomic E-state index is -1.82. The van der Waals surface area contributed by atoms with Crippen LogP contribution in [0.15, 0.2) is 49.9 Å². The number of hydrogen-bond donors (Lipinski definition) is 6. The normalized spacial score (nSPS) is 25.9. The van der Waals surface area contributed by atoms with Crippen LogP contribution in [0.4, 0.5) is 5.69 Å². The fourth-order valence-corrected chi connectivity index (χ4v) is 6.95. The summed E-state index contributed by atoms with van der Waals surface area (Å²) in [4.78, 5) is 43.3. The van der Waals surface area contributed by atoms with E-state index in [1.807, 2.05) is 13.0 Å². The first-order valence-corrected chi connectivity index (χ1v) is 16.4. The summed E-state index contributed by atoms with van der Waals surface area (Å²) < 4.78 is 13.2. The van der Waals surface area contributed by atoms with Crippen LogP contribution in [0.5, 0.6) is 5.75 Å². The van der Waals surface area contributed by atoms with Gasteiger partial charge in [-0.1, -0.05) is 6.92 Å². The summed E-state index contributed by atoms with van der Waals surface area (Å²) in [6.45, 7) is 5.30. The summed E-state index contributed by atoms with van der Waals surface area (Å²) in [5, 5.41) is 52.7. The van der Waals surface area contributed by atoms with E-state index in [2.05, 4.69) is 22.1 Å². The zero-order valence-corrected chi connectivity index (χ0v) is 27.2. The highest BCUT2D eigenvalue weighted by molar-refractivity contribution is 6.13. The number of benzene rings is 1. The number of aliphatic hydroxyl groups excluding tert-OH is 5. The summed E-state index contributed by atoms with van der Waals surface area (Å²) in [6.07, 6.45) is -1.56. The molecule has 0 radical (unpaired) electrons. The molecule has 48 heavy (non-hydrogen) atoms. The number of rotatable bonds is 13. The Kier molecular flexibility index (Phi) is 9.78. The highest BCUT2D eigenvalue weighted by Gasteiger charge is 2.46. The molecule has 7 unspecified atom stereocenters. The molecule has 6 rings (SSSR count). The molecule has 14 nitrogen and oxygen atoms in total. The molecule has 260 valence electrons. The molecule has 1 aromatic heterocycles. The van der Waals surface area contributed by atoms with E-state index in [1.165, 1.54) is 6.07 Å². The van der Waals surface area contributed by atoms with Gasteiger partial charge < -0.3 is 44.9 Å². The fourth-order valence-electron chi connectivity index (χ4n) is 6.95. The number of carbonyl (C=O) groups is 1. The van der Waals surface area contributed by atoms with Gasteiger partial charge in [0.15, 0.2) is 16.8 Å². The van der Waals surface area contributed by atoms with Crippen molar-refractivity contribution in [2.24, 2.45) is 10.9 Å². The Balaban J connectivity index is 1.36. The Labute approximate surface area is 276 Å². The van der Waals surface area contributed by atoms with Gasteiger partial charge in [-0.25, -0.2) is 9.78 Å². The Morgan fingerprint density at radius 1 is 1.15 bits per heavy atom. The summed E-state index contributed by atoms with van der Waals surface area (Å²) >= 11 is 0. The van der Waals surface area contributed by atoms with Gasteiger partial charge in [-0.3, -0.25) is 14.6 Å². The minimum Gasteiger partial charge on any atom is -0.482 e. The number of aliphatic hydroxyl groups is 5. The third-order valence-corrected chi connectivity index (χ3v) is 9.76. The number of anilines is 1. The number of aryl methyl sites for hydroxylation is 1. The first-order valence-electron chi connectivity index (χ1n) is 16.4. The van der Waals surface area contributed by atoms with Crippen molar-refractivity contribution in [3.63, 3.8) is 0 Å². The average Bonchev–Trinajstić information content (AvgIpc) is 3.78. The molecule has 6 N–H and O–H groups in total. The SMILES string of the molecule is CCC1=C2C=CN=C2CN1c1c2c(cc3c(=O)cc(C)oc13)CC(OOCC(O)C(O)C(O)C(O)CO)C(C)(CCC1CNC(=O)C1)O2. The Morgan fingerprint density at radius 3 is 2.62 bits per heavy atom. The van der Waals surface area contributed by atoms with E-state index in [0.29, 0.717) is 72.5 Å². The van der Waals surface area contributed by atoms with Gasteiger partial charge in [-0.2, -0.15) is 0 Å². The maximum Gasteiger partial charge on any atom is 0.220 e. The number of aliphatic imine (C=N–C) groups is 1. The van der Waals surface area contributed by atoms with Crippen LogP contribution in [0.1, 0.15) is 50.9 Å². The number of fused-ring (bicyclic) bond motifs is 3. The number of ether oxygens (including phenoxy) is 1. The van der Waals surface area contributed by atoms with Gasteiger partial charge in [0.2, 0.25) is 5.91 Å². The smallest absolute Gasteiger partial charge is 0.220 e. The van der Waals surface area contributed by atoms with Crippen LogP contribution < -0.4 is 20.4 Å². The van der Waals surface area contributed by atoms with Crippen molar-refractivity contribution in [2.75, 3.05) is 31.2 Å². The zero-order valence-electron chi connectivity index (χ0n) is 27.2. The second-order valence-electron chi connectivity index (χ2n) is 13.2. The van der Waals surface area contributed by atoms with Gasteiger partial charge in [0.05, 0.1) is 24.2 Å². The first kappa shape index (κ1) is 34.2. The van der Waals surface area contributed by atoms with Gasteiger partial charge in [-0.05, 0) is 51.2 Å². The molecule has 1 fully saturated rings. The maximum atomic E-state index is 13.4. The van der Waals surface area contributed by atoms with Crippen molar-refractivity contribution in [2.45, 2.75) is 89.0 Å². The van der Waals surface area contributed by atoms with E-state index in [4.69, 9.17) is 24.0 Å². The minimum absolute atomic E-state index is 0.00641. The largest absolute Gasteiger partial charge is 0.482 e. The maximum absolute atomic E-state index is 13.4. The van der Waals surface area contributed by atoms with E-state index in [-0.39, 0.29) is 23.7 Å². The van der Waals surface area contributed by atoms with Crippen LogP contribution >= 0.6 is 0 Å². The number of allylic oxidation sites excluding steroid dienone is 2. The number of nitrogens with zero attached hydrogens (tertiary/aromatic N) is 2. The van der Waals surface area contributed by atoms with E-state index in [9.17, 15) is 30.0 Å². The second kappa shape index (κ2) is 13.7. The molecule has 0 saturated carbocycles. The van der Waals surface area contributed by atoms with Gasteiger partial charge >= 0.3 is 0 Å². The molecule has 1 saturated heterocycles. The van der Waals surface area contributed by atoms with Crippen molar-refractivity contribution >= 4 is 28.3 Å². The molecule has 14 heteroatoms. The van der Waals surface area contributed by atoms with Crippen LogP contribution in [0, 0.1) is 12.8 Å². The van der Waals surface area contributed by atoms with Gasteiger partial charge in [0, 0.05) is 48.5 Å². The van der Waals surface area contributed by atoms with Crippen LogP contribution in [-0.4, -0.2) is 99.6 Å². The summed E-state index contributed by atoms with van der Waals surface area (Å²) in [5.74, 6) is 1.08. The highest BCUT2D eigenvalue weighted by Crippen LogP contribution is 2.49. The molecule has 4 aliphatic heterocycles. The number of carbonyl (C=O) groups excluding carboxylic acids is 1. The lowest BCUT2D eigenvalue weighted by Gasteiger charge is -2.43. The van der Waals surface area contributed by atoms with Crippen LogP contribution in [0.25, 0.3) is 11.0 Å². The zero-order chi connectivity index (χ0) is 34.3.